The Hall–Kier alpha value is -1.86. The number of hydrogen-bond donors (Lipinski definition) is 1. The molecule has 0 radical (unpaired) electrons. The number of aromatic nitrogens is 1. The zero-order valence-corrected chi connectivity index (χ0v) is 8.08. The van der Waals surface area contributed by atoms with Crippen molar-refractivity contribution in [3.63, 3.8) is 0 Å². The van der Waals surface area contributed by atoms with Crippen molar-refractivity contribution in [2.24, 2.45) is 0 Å². The van der Waals surface area contributed by atoms with Gasteiger partial charge >= 0.3 is 0 Å². The van der Waals surface area contributed by atoms with E-state index in [1.165, 1.54) is 0 Å². The molecule has 4 heteroatoms. The molecule has 1 aromatic heterocycles. The summed E-state index contributed by atoms with van der Waals surface area (Å²) in [5.74, 6) is 0. The summed E-state index contributed by atoms with van der Waals surface area (Å²) in [6.45, 7) is 0. The standard InChI is InChI=1S/C10H7N3S/c11-7-8-1-3-9(4-2-8)13-10-12-5-6-14-10/h1-6H,(H,12,13). The van der Waals surface area contributed by atoms with Gasteiger partial charge in [-0.2, -0.15) is 5.26 Å². The predicted molar refractivity (Wildman–Crippen MR) is 56.6 cm³/mol. The highest BCUT2D eigenvalue weighted by atomic mass is 32.1. The molecular formula is C10H7N3S. The van der Waals surface area contributed by atoms with Crippen LogP contribution in [-0.4, -0.2) is 4.98 Å². The molecule has 1 heterocycles. The van der Waals surface area contributed by atoms with Crippen LogP contribution < -0.4 is 5.32 Å². The van der Waals surface area contributed by atoms with Gasteiger partial charge in [-0.05, 0) is 24.3 Å². The minimum atomic E-state index is 0.662. The fourth-order valence-electron chi connectivity index (χ4n) is 1.04. The highest BCUT2D eigenvalue weighted by molar-refractivity contribution is 7.13. The summed E-state index contributed by atoms with van der Waals surface area (Å²) in [5, 5.41) is 14.5. The van der Waals surface area contributed by atoms with Crippen molar-refractivity contribution >= 4 is 22.2 Å². The molecule has 2 rings (SSSR count). The Morgan fingerprint density at radius 1 is 1.29 bits per heavy atom. The monoisotopic (exact) mass is 201 g/mol. The van der Waals surface area contributed by atoms with Crippen LogP contribution in [0.4, 0.5) is 10.8 Å². The van der Waals surface area contributed by atoms with E-state index in [0.717, 1.165) is 10.8 Å². The number of rotatable bonds is 2. The van der Waals surface area contributed by atoms with E-state index in [2.05, 4.69) is 16.4 Å². The summed E-state index contributed by atoms with van der Waals surface area (Å²) in [7, 11) is 0. The van der Waals surface area contributed by atoms with Gasteiger partial charge < -0.3 is 5.32 Å². The van der Waals surface area contributed by atoms with E-state index < -0.39 is 0 Å². The molecular weight excluding hydrogens is 194 g/mol. The molecule has 1 N–H and O–H groups in total. The van der Waals surface area contributed by atoms with Crippen LogP contribution in [0.1, 0.15) is 5.56 Å². The molecule has 0 amide bonds. The van der Waals surface area contributed by atoms with Gasteiger partial charge in [0.15, 0.2) is 5.13 Å². The van der Waals surface area contributed by atoms with E-state index in [1.807, 2.05) is 17.5 Å². The van der Waals surface area contributed by atoms with Crippen molar-refractivity contribution in [3.8, 4) is 6.07 Å². The fourth-order valence-corrected chi connectivity index (χ4v) is 1.59. The van der Waals surface area contributed by atoms with Gasteiger partial charge in [0.05, 0.1) is 11.6 Å². The Bertz CT molecular complexity index is 439. The van der Waals surface area contributed by atoms with E-state index in [9.17, 15) is 0 Å². The molecule has 0 aliphatic rings. The van der Waals surface area contributed by atoms with Gasteiger partial charge in [0, 0.05) is 17.3 Å². The molecule has 0 saturated carbocycles. The van der Waals surface area contributed by atoms with Crippen LogP contribution in [0.25, 0.3) is 0 Å². The summed E-state index contributed by atoms with van der Waals surface area (Å²) in [4.78, 5) is 4.10. The highest BCUT2D eigenvalue weighted by Crippen LogP contribution is 2.18. The Morgan fingerprint density at radius 3 is 2.64 bits per heavy atom. The smallest absolute Gasteiger partial charge is 0.187 e. The van der Waals surface area contributed by atoms with Gasteiger partial charge in [0.2, 0.25) is 0 Å². The number of nitrogens with zero attached hydrogens (tertiary/aromatic N) is 2. The minimum Gasteiger partial charge on any atom is -0.332 e. The van der Waals surface area contributed by atoms with Gasteiger partial charge in [0.25, 0.3) is 0 Å². The van der Waals surface area contributed by atoms with Crippen LogP contribution in [0.3, 0.4) is 0 Å². The molecule has 0 spiro atoms. The van der Waals surface area contributed by atoms with Crippen LogP contribution in [0.5, 0.6) is 0 Å². The third-order valence-electron chi connectivity index (χ3n) is 1.70. The van der Waals surface area contributed by atoms with E-state index >= 15 is 0 Å². The number of thiazole rings is 1. The first-order chi connectivity index (χ1) is 6.88. The molecule has 2 aromatic rings. The zero-order chi connectivity index (χ0) is 9.80. The van der Waals surface area contributed by atoms with Crippen molar-refractivity contribution in [3.05, 3.63) is 41.4 Å². The normalized spacial score (nSPS) is 9.36. The Kier molecular flexibility index (Phi) is 2.43. The lowest BCUT2D eigenvalue weighted by Crippen LogP contribution is -1.88. The van der Waals surface area contributed by atoms with Crippen LogP contribution in [0, 0.1) is 11.3 Å². The Labute approximate surface area is 85.7 Å². The Morgan fingerprint density at radius 2 is 2.07 bits per heavy atom. The lowest BCUT2D eigenvalue weighted by molar-refractivity contribution is 1.39. The van der Waals surface area contributed by atoms with Crippen molar-refractivity contribution in [1.29, 1.82) is 5.26 Å². The number of benzene rings is 1. The van der Waals surface area contributed by atoms with E-state index in [-0.39, 0.29) is 0 Å². The molecule has 14 heavy (non-hydrogen) atoms. The SMILES string of the molecule is N#Cc1ccc(Nc2nccs2)cc1. The maximum atomic E-state index is 8.60. The number of anilines is 2. The average molecular weight is 201 g/mol. The molecule has 0 atom stereocenters. The largest absolute Gasteiger partial charge is 0.332 e. The summed E-state index contributed by atoms with van der Waals surface area (Å²) in [6, 6.07) is 9.34. The van der Waals surface area contributed by atoms with Crippen molar-refractivity contribution < 1.29 is 0 Å². The van der Waals surface area contributed by atoms with E-state index in [1.54, 1.807) is 29.7 Å². The minimum absolute atomic E-state index is 0.662. The topological polar surface area (TPSA) is 48.7 Å². The highest BCUT2D eigenvalue weighted by Gasteiger charge is 1.96. The van der Waals surface area contributed by atoms with Gasteiger partial charge in [-0.1, -0.05) is 0 Å². The first-order valence-corrected chi connectivity index (χ1v) is 4.93. The van der Waals surface area contributed by atoms with E-state index in [4.69, 9.17) is 5.26 Å². The number of nitrogens with one attached hydrogen (secondary N) is 1. The molecule has 0 saturated heterocycles. The van der Waals surface area contributed by atoms with E-state index in [0.29, 0.717) is 5.56 Å². The lowest BCUT2D eigenvalue weighted by atomic mass is 10.2. The second-order valence-corrected chi connectivity index (χ2v) is 3.55. The van der Waals surface area contributed by atoms with Crippen molar-refractivity contribution in [2.75, 3.05) is 5.32 Å². The van der Waals surface area contributed by atoms with Crippen molar-refractivity contribution in [2.45, 2.75) is 0 Å². The second kappa shape index (κ2) is 3.90. The fraction of sp³-hybridized carbons (Fsp3) is 0. The van der Waals surface area contributed by atoms with Gasteiger partial charge in [-0.25, -0.2) is 4.98 Å². The van der Waals surface area contributed by atoms with Gasteiger partial charge in [-0.3, -0.25) is 0 Å². The molecule has 0 aliphatic carbocycles. The number of nitriles is 1. The zero-order valence-electron chi connectivity index (χ0n) is 7.27. The molecule has 0 bridgehead atoms. The van der Waals surface area contributed by atoms with Crippen LogP contribution in [0.15, 0.2) is 35.8 Å². The van der Waals surface area contributed by atoms with Crippen LogP contribution in [-0.2, 0) is 0 Å². The molecule has 68 valence electrons. The molecule has 0 fully saturated rings. The quantitative estimate of drug-likeness (QED) is 0.812. The van der Waals surface area contributed by atoms with Crippen LogP contribution in [0.2, 0.25) is 0 Å². The third-order valence-corrected chi connectivity index (χ3v) is 2.39. The summed E-state index contributed by atoms with van der Waals surface area (Å²) in [6.07, 6.45) is 1.75. The maximum absolute atomic E-state index is 8.60. The van der Waals surface area contributed by atoms with Gasteiger partial charge in [-0.15, -0.1) is 11.3 Å². The molecule has 1 aromatic carbocycles. The summed E-state index contributed by atoms with van der Waals surface area (Å²) < 4.78 is 0. The molecule has 0 aliphatic heterocycles. The first kappa shape index (κ1) is 8.73. The maximum Gasteiger partial charge on any atom is 0.187 e. The average Bonchev–Trinajstić information content (AvgIpc) is 2.72. The lowest BCUT2D eigenvalue weighted by Gasteiger charge is -2.00. The predicted octanol–water partition coefficient (Wildman–Crippen LogP) is 2.76. The first-order valence-electron chi connectivity index (χ1n) is 4.05. The summed E-state index contributed by atoms with van der Waals surface area (Å²) in [5.41, 5.74) is 1.61. The summed E-state index contributed by atoms with van der Waals surface area (Å²) >= 11 is 1.54. The number of hydrogen-bond acceptors (Lipinski definition) is 4. The third kappa shape index (κ3) is 1.90. The second-order valence-electron chi connectivity index (χ2n) is 2.65. The molecule has 0 unspecified atom stereocenters. The van der Waals surface area contributed by atoms with Crippen LogP contribution >= 0.6 is 11.3 Å². The Balaban J connectivity index is 2.15. The van der Waals surface area contributed by atoms with Gasteiger partial charge in [0.1, 0.15) is 0 Å². The van der Waals surface area contributed by atoms with Crippen molar-refractivity contribution in [1.82, 2.24) is 4.98 Å². The molecule has 3 nitrogen and oxygen atoms in total.